The number of hydrogen-bond acceptors (Lipinski definition) is 8. The number of halogens is 4. The summed E-state index contributed by atoms with van der Waals surface area (Å²) in [6, 6.07) is 8.21. The molecular weight excluding hydrogens is 627 g/mol. The van der Waals surface area contributed by atoms with E-state index in [0.29, 0.717) is 37.4 Å². The second-order valence-corrected chi connectivity index (χ2v) is 12.2. The van der Waals surface area contributed by atoms with Crippen molar-refractivity contribution in [3.63, 3.8) is 0 Å². The summed E-state index contributed by atoms with van der Waals surface area (Å²) in [6.07, 6.45) is -3.59. The van der Waals surface area contributed by atoms with Crippen molar-refractivity contribution in [1.29, 1.82) is 0 Å². The van der Waals surface area contributed by atoms with Gasteiger partial charge < -0.3 is 5.11 Å². The molecule has 5 rings (SSSR count). The molecule has 0 atom stereocenters. The van der Waals surface area contributed by atoms with Gasteiger partial charge in [-0.05, 0) is 53.2 Å². The first-order chi connectivity index (χ1) is 19.7. The van der Waals surface area contributed by atoms with E-state index < -0.39 is 64.7 Å². The number of fused-ring (bicyclic) bond motifs is 1. The van der Waals surface area contributed by atoms with Crippen molar-refractivity contribution in [3.8, 4) is 0 Å². The number of alkyl halides is 3. The average molecular weight is 644 g/mol. The molecule has 0 aliphatic carbocycles. The minimum atomic E-state index is -4.64. The number of carboxylic acid groups (broad SMARTS) is 1. The van der Waals surface area contributed by atoms with E-state index in [-0.39, 0.29) is 26.3 Å². The molecule has 0 unspecified atom stereocenters. The Morgan fingerprint density at radius 3 is 2.48 bits per heavy atom. The first-order valence-corrected chi connectivity index (χ1v) is 14.4. The fourth-order valence-electron chi connectivity index (χ4n) is 4.41. The Morgan fingerprint density at radius 2 is 1.81 bits per heavy atom. The Morgan fingerprint density at radius 1 is 1.10 bits per heavy atom. The van der Waals surface area contributed by atoms with Crippen LogP contribution in [0.4, 0.5) is 22.8 Å². The van der Waals surface area contributed by atoms with Crippen LogP contribution in [0.15, 0.2) is 47.5 Å². The Hall–Kier alpha value is -4.09. The Kier molecular flexibility index (Phi) is 7.44. The van der Waals surface area contributed by atoms with E-state index in [1.165, 1.54) is 29.1 Å². The van der Waals surface area contributed by atoms with Crippen LogP contribution in [0.3, 0.4) is 0 Å². The van der Waals surface area contributed by atoms with Gasteiger partial charge in [-0.2, -0.15) is 31.0 Å². The van der Waals surface area contributed by atoms with Gasteiger partial charge in [-0.25, -0.2) is 9.10 Å². The van der Waals surface area contributed by atoms with Crippen molar-refractivity contribution in [2.24, 2.45) is 0 Å². The largest absolute Gasteiger partial charge is 0.464 e. The molecule has 2 aliphatic heterocycles. The van der Waals surface area contributed by atoms with E-state index in [0.717, 1.165) is 6.07 Å². The van der Waals surface area contributed by atoms with Crippen LogP contribution in [0, 0.1) is 0 Å². The summed E-state index contributed by atoms with van der Waals surface area (Å²) >= 11 is 6.27. The van der Waals surface area contributed by atoms with Crippen LogP contribution in [0.5, 0.6) is 0 Å². The molecule has 3 heterocycles. The van der Waals surface area contributed by atoms with Gasteiger partial charge >= 0.3 is 22.5 Å². The molecule has 1 N–H and O–H groups in total. The van der Waals surface area contributed by atoms with E-state index in [9.17, 15) is 40.8 Å². The molecule has 0 radical (unpaired) electrons. The summed E-state index contributed by atoms with van der Waals surface area (Å²) in [5.74, 6) is -2.01. The lowest BCUT2D eigenvalue weighted by molar-refractivity contribution is -0.138. The number of aromatic nitrogens is 2. The highest BCUT2D eigenvalue weighted by molar-refractivity contribution is 8.18. The number of nitrogens with zero attached hydrogens (tertiary/aromatic N) is 5. The lowest BCUT2D eigenvalue weighted by Crippen LogP contribution is -2.45. The first kappa shape index (κ1) is 29.4. The number of hydrogen-bond donors (Lipinski definition) is 1. The van der Waals surface area contributed by atoms with Gasteiger partial charge in [0, 0.05) is 10.4 Å². The van der Waals surface area contributed by atoms with Gasteiger partial charge in [0.25, 0.3) is 17.1 Å². The molecule has 0 bridgehead atoms. The molecule has 18 heteroatoms. The number of rotatable bonds is 5. The minimum Gasteiger partial charge on any atom is -0.464 e. The van der Waals surface area contributed by atoms with Gasteiger partial charge in [-0.3, -0.25) is 24.0 Å². The second-order valence-electron chi connectivity index (χ2n) is 9.02. The summed E-state index contributed by atoms with van der Waals surface area (Å²) in [5.41, 5.74) is 0.0179. The highest BCUT2D eigenvalue weighted by Gasteiger charge is 2.45. The minimum absolute atomic E-state index is 0.0402. The molecule has 2 aromatic carbocycles. The van der Waals surface area contributed by atoms with E-state index >= 15 is 0 Å². The highest BCUT2D eigenvalue weighted by atomic mass is 35.5. The van der Waals surface area contributed by atoms with Crippen molar-refractivity contribution < 1.29 is 45.9 Å². The number of benzene rings is 2. The maximum Gasteiger partial charge on any atom is 0.422 e. The van der Waals surface area contributed by atoms with Gasteiger partial charge in [0.05, 0.1) is 41.8 Å². The third kappa shape index (κ3) is 5.41. The molecule has 3 aromatic rings. The summed E-state index contributed by atoms with van der Waals surface area (Å²) in [4.78, 5) is 49.5. The average Bonchev–Trinajstić information content (AvgIpc) is 3.53. The predicted octanol–water partition coefficient (Wildman–Crippen LogP) is 3.86. The SMILES string of the molecule is O=C1S/C(=C\c2ccc3c(cnn3Cc3ccc(Cl)cc3C(F)(F)F)c2)C(=O)N1CC(=O)N1CCN(C(=O)O)S1(=O)=O. The number of imide groups is 1. The van der Waals surface area contributed by atoms with Gasteiger partial charge in [0.1, 0.15) is 6.54 Å². The van der Waals surface area contributed by atoms with Gasteiger partial charge in [-0.1, -0.05) is 23.7 Å². The molecular formula is C24H17ClF3N5O7S2. The maximum absolute atomic E-state index is 13.5. The van der Waals surface area contributed by atoms with Gasteiger partial charge in [0.2, 0.25) is 0 Å². The lowest BCUT2D eigenvalue weighted by atomic mass is 10.1. The lowest BCUT2D eigenvalue weighted by Gasteiger charge is -2.19. The zero-order valence-electron chi connectivity index (χ0n) is 20.9. The zero-order chi connectivity index (χ0) is 30.6. The van der Waals surface area contributed by atoms with E-state index in [1.54, 1.807) is 18.2 Å². The highest BCUT2D eigenvalue weighted by Crippen LogP contribution is 2.35. The predicted molar refractivity (Wildman–Crippen MR) is 143 cm³/mol. The molecule has 4 amide bonds. The second kappa shape index (κ2) is 10.6. The number of carbonyl (C=O) groups is 4. The smallest absolute Gasteiger partial charge is 0.422 e. The van der Waals surface area contributed by atoms with Crippen LogP contribution < -0.4 is 0 Å². The van der Waals surface area contributed by atoms with Crippen LogP contribution in [0.2, 0.25) is 5.02 Å². The van der Waals surface area contributed by atoms with Crippen LogP contribution >= 0.6 is 23.4 Å². The standard InChI is InChI=1S/C24H17ClF3N5O7S2/c25-16-3-2-14(17(9-16)24(26,27)28)11-31-18-4-1-13(7-15(18)10-29-31)8-19-21(35)30(23(38)41-19)12-20(34)32-5-6-33(22(36)37)42(32,39)40/h1-4,7-10H,5-6,11-12H2,(H,36,37)/b19-8-. The van der Waals surface area contributed by atoms with Crippen molar-refractivity contribution in [3.05, 3.63) is 69.2 Å². The van der Waals surface area contributed by atoms with Crippen LogP contribution in [0.1, 0.15) is 16.7 Å². The summed E-state index contributed by atoms with van der Waals surface area (Å²) < 4.78 is 66.8. The summed E-state index contributed by atoms with van der Waals surface area (Å²) in [7, 11) is -4.64. The molecule has 220 valence electrons. The Balaban J connectivity index is 1.33. The van der Waals surface area contributed by atoms with Crippen LogP contribution in [0.25, 0.3) is 17.0 Å². The Bertz CT molecular complexity index is 1810. The van der Waals surface area contributed by atoms with Crippen molar-refractivity contribution in [2.75, 3.05) is 19.6 Å². The third-order valence-electron chi connectivity index (χ3n) is 6.38. The van der Waals surface area contributed by atoms with Crippen LogP contribution in [-0.2, 0) is 32.5 Å². The topological polar surface area (TPSA) is 150 Å². The van der Waals surface area contributed by atoms with Gasteiger partial charge in [-0.15, -0.1) is 0 Å². The van der Waals surface area contributed by atoms with E-state index in [4.69, 9.17) is 16.7 Å². The number of thioether (sulfide) groups is 1. The summed E-state index contributed by atoms with van der Waals surface area (Å²) in [5, 5.41) is 12.8. The van der Waals surface area contributed by atoms with Crippen molar-refractivity contribution in [2.45, 2.75) is 12.7 Å². The monoisotopic (exact) mass is 643 g/mol. The molecule has 12 nitrogen and oxygen atoms in total. The molecule has 2 fully saturated rings. The first-order valence-electron chi connectivity index (χ1n) is 11.8. The van der Waals surface area contributed by atoms with E-state index in [1.807, 2.05) is 0 Å². The zero-order valence-corrected chi connectivity index (χ0v) is 23.3. The molecule has 42 heavy (non-hydrogen) atoms. The number of amides is 4. The fraction of sp³-hybridized carbons (Fsp3) is 0.208. The van der Waals surface area contributed by atoms with E-state index in [2.05, 4.69) is 5.10 Å². The molecule has 2 saturated heterocycles. The summed E-state index contributed by atoms with van der Waals surface area (Å²) in [6.45, 7) is -2.04. The van der Waals surface area contributed by atoms with Crippen molar-refractivity contribution in [1.82, 2.24) is 23.3 Å². The quantitative estimate of drug-likeness (QED) is 0.409. The third-order valence-corrected chi connectivity index (χ3v) is 9.36. The molecule has 1 aromatic heterocycles. The van der Waals surface area contributed by atoms with Crippen LogP contribution in [-0.4, -0.2) is 79.6 Å². The molecule has 0 saturated carbocycles. The molecule has 0 spiro atoms. The fourth-order valence-corrected chi connectivity index (χ4v) is 6.80. The maximum atomic E-state index is 13.5. The number of carbonyl (C=O) groups excluding carboxylic acids is 3. The molecule has 2 aliphatic rings. The van der Waals surface area contributed by atoms with Crippen molar-refractivity contribution >= 4 is 73.7 Å². The Labute approximate surface area is 244 Å². The normalized spacial score (nSPS) is 18.1. The van der Waals surface area contributed by atoms with Gasteiger partial charge in [0.15, 0.2) is 0 Å².